The fourth-order valence-electron chi connectivity index (χ4n) is 1.14. The average molecular weight is 179 g/mol. The monoisotopic (exact) mass is 179 g/mol. The molecule has 72 valence electrons. The van der Waals surface area contributed by atoms with E-state index >= 15 is 0 Å². The Morgan fingerprint density at radius 2 is 1.85 bits per heavy atom. The van der Waals surface area contributed by atoms with Crippen molar-refractivity contribution in [2.75, 3.05) is 11.9 Å². The van der Waals surface area contributed by atoms with Gasteiger partial charge in [-0.1, -0.05) is 0 Å². The molecule has 0 spiro atoms. The number of aromatic nitrogens is 2. The third kappa shape index (κ3) is 2.41. The largest absolute Gasteiger partial charge is 0.357 e. The van der Waals surface area contributed by atoms with Gasteiger partial charge in [-0.25, -0.2) is 9.97 Å². The Labute approximate surface area is 79.8 Å². The van der Waals surface area contributed by atoms with Crippen LogP contribution in [0.5, 0.6) is 0 Å². The minimum atomic E-state index is 0.466. The molecule has 0 saturated carbocycles. The summed E-state index contributed by atoms with van der Waals surface area (Å²) in [5.41, 5.74) is 1.02. The number of hydrogen-bond donors (Lipinski definition) is 0. The Bertz CT molecular complexity index is 274. The van der Waals surface area contributed by atoms with Gasteiger partial charge in [-0.2, -0.15) is 0 Å². The fraction of sp³-hybridized carbons (Fsp3) is 0.600. The molecule has 0 radical (unpaired) electrons. The number of hydrogen-bond acceptors (Lipinski definition) is 3. The van der Waals surface area contributed by atoms with Crippen molar-refractivity contribution in [3.05, 3.63) is 17.6 Å². The van der Waals surface area contributed by atoms with Gasteiger partial charge in [0.1, 0.15) is 11.6 Å². The van der Waals surface area contributed by atoms with Gasteiger partial charge < -0.3 is 4.90 Å². The highest BCUT2D eigenvalue weighted by Crippen LogP contribution is 2.12. The van der Waals surface area contributed by atoms with Crippen LogP contribution in [0.4, 0.5) is 5.82 Å². The zero-order valence-electron chi connectivity index (χ0n) is 9.00. The normalized spacial score (nSPS) is 10.6. The molecule has 1 rings (SSSR count). The van der Waals surface area contributed by atoms with Crippen LogP contribution < -0.4 is 4.90 Å². The second-order valence-electron chi connectivity index (χ2n) is 3.62. The van der Waals surface area contributed by atoms with E-state index in [9.17, 15) is 0 Å². The lowest BCUT2D eigenvalue weighted by Gasteiger charge is -2.22. The average Bonchev–Trinajstić information content (AvgIpc) is 2.01. The zero-order valence-corrected chi connectivity index (χ0v) is 9.00. The SMILES string of the molecule is Cc1cc(N(C)C(C)C)nc(C)n1. The number of anilines is 1. The topological polar surface area (TPSA) is 29.0 Å². The molecule has 3 heteroatoms. The van der Waals surface area contributed by atoms with Crippen molar-refractivity contribution < 1.29 is 0 Å². The molecule has 3 nitrogen and oxygen atoms in total. The van der Waals surface area contributed by atoms with Crippen LogP contribution in [0.15, 0.2) is 6.07 Å². The van der Waals surface area contributed by atoms with E-state index in [1.165, 1.54) is 0 Å². The maximum atomic E-state index is 4.37. The van der Waals surface area contributed by atoms with E-state index in [0.29, 0.717) is 6.04 Å². The minimum Gasteiger partial charge on any atom is -0.357 e. The van der Waals surface area contributed by atoms with Crippen molar-refractivity contribution in [3.63, 3.8) is 0 Å². The van der Waals surface area contributed by atoms with Crippen molar-refractivity contribution in [1.29, 1.82) is 0 Å². The van der Waals surface area contributed by atoms with Crippen LogP contribution in [0.1, 0.15) is 25.4 Å². The molecule has 0 aliphatic rings. The van der Waals surface area contributed by atoms with Crippen molar-refractivity contribution in [3.8, 4) is 0 Å². The first-order valence-corrected chi connectivity index (χ1v) is 4.56. The van der Waals surface area contributed by atoms with Gasteiger partial charge in [0.2, 0.25) is 0 Å². The van der Waals surface area contributed by atoms with Crippen LogP contribution in [-0.2, 0) is 0 Å². The van der Waals surface area contributed by atoms with Gasteiger partial charge in [0.15, 0.2) is 0 Å². The van der Waals surface area contributed by atoms with E-state index in [4.69, 9.17) is 0 Å². The van der Waals surface area contributed by atoms with Crippen molar-refractivity contribution in [1.82, 2.24) is 9.97 Å². The highest BCUT2D eigenvalue weighted by atomic mass is 15.2. The summed E-state index contributed by atoms with van der Waals surface area (Å²) in [5, 5.41) is 0. The van der Waals surface area contributed by atoms with Gasteiger partial charge >= 0.3 is 0 Å². The summed E-state index contributed by atoms with van der Waals surface area (Å²) in [6.45, 7) is 8.20. The summed E-state index contributed by atoms with van der Waals surface area (Å²) in [4.78, 5) is 10.7. The smallest absolute Gasteiger partial charge is 0.132 e. The summed E-state index contributed by atoms with van der Waals surface area (Å²) in [6.07, 6.45) is 0. The molecule has 0 amide bonds. The molecule has 1 aromatic heterocycles. The van der Waals surface area contributed by atoms with Crippen molar-refractivity contribution in [2.24, 2.45) is 0 Å². The third-order valence-corrected chi connectivity index (χ3v) is 2.09. The predicted molar refractivity (Wildman–Crippen MR) is 55.0 cm³/mol. The number of aryl methyl sites for hydroxylation is 2. The summed E-state index contributed by atoms with van der Waals surface area (Å²) < 4.78 is 0. The molecule has 0 atom stereocenters. The van der Waals surface area contributed by atoms with E-state index < -0.39 is 0 Å². The van der Waals surface area contributed by atoms with Crippen molar-refractivity contribution in [2.45, 2.75) is 33.7 Å². The van der Waals surface area contributed by atoms with Gasteiger partial charge in [-0.15, -0.1) is 0 Å². The van der Waals surface area contributed by atoms with Crippen LogP contribution in [0.2, 0.25) is 0 Å². The molecule has 0 N–H and O–H groups in total. The lowest BCUT2D eigenvalue weighted by molar-refractivity contribution is 0.737. The van der Waals surface area contributed by atoms with Gasteiger partial charge in [0, 0.05) is 24.8 Å². The third-order valence-electron chi connectivity index (χ3n) is 2.09. The van der Waals surface area contributed by atoms with Gasteiger partial charge in [0.05, 0.1) is 0 Å². The van der Waals surface area contributed by atoms with Crippen LogP contribution in [0, 0.1) is 13.8 Å². The Hall–Kier alpha value is -1.12. The second-order valence-corrected chi connectivity index (χ2v) is 3.62. The van der Waals surface area contributed by atoms with Gasteiger partial charge in [-0.3, -0.25) is 0 Å². The quantitative estimate of drug-likeness (QED) is 0.694. The Balaban J connectivity index is 3.01. The lowest BCUT2D eigenvalue weighted by Crippen LogP contribution is -2.26. The predicted octanol–water partition coefficient (Wildman–Crippen LogP) is 1.94. The Morgan fingerprint density at radius 3 is 2.31 bits per heavy atom. The number of rotatable bonds is 2. The first-order valence-electron chi connectivity index (χ1n) is 4.56. The molecule has 0 aromatic carbocycles. The molecular weight excluding hydrogens is 162 g/mol. The molecule has 0 aliphatic heterocycles. The van der Waals surface area contributed by atoms with E-state index in [1.807, 2.05) is 27.0 Å². The zero-order chi connectivity index (χ0) is 10.0. The summed E-state index contributed by atoms with van der Waals surface area (Å²) >= 11 is 0. The van der Waals surface area contributed by atoms with Crippen LogP contribution in [0.25, 0.3) is 0 Å². The maximum Gasteiger partial charge on any atom is 0.132 e. The van der Waals surface area contributed by atoms with Crippen LogP contribution in [0.3, 0.4) is 0 Å². The molecule has 0 aliphatic carbocycles. The molecule has 0 fully saturated rings. The van der Waals surface area contributed by atoms with Gasteiger partial charge in [0.25, 0.3) is 0 Å². The lowest BCUT2D eigenvalue weighted by atomic mass is 10.3. The van der Waals surface area contributed by atoms with E-state index in [1.54, 1.807) is 0 Å². The number of nitrogens with zero attached hydrogens (tertiary/aromatic N) is 3. The molecule has 1 aromatic rings. The Kier molecular flexibility index (Phi) is 2.86. The molecule has 0 saturated heterocycles. The summed E-state index contributed by atoms with van der Waals surface area (Å²) in [5.74, 6) is 1.84. The first kappa shape index (κ1) is 9.96. The summed E-state index contributed by atoms with van der Waals surface area (Å²) in [7, 11) is 2.05. The standard InChI is InChI=1S/C10H17N3/c1-7(2)13(5)10-6-8(3)11-9(4)12-10/h6-7H,1-5H3. The Morgan fingerprint density at radius 1 is 1.23 bits per heavy atom. The molecule has 1 heterocycles. The highest BCUT2D eigenvalue weighted by molar-refractivity contribution is 5.39. The second kappa shape index (κ2) is 3.73. The fourth-order valence-corrected chi connectivity index (χ4v) is 1.14. The highest BCUT2D eigenvalue weighted by Gasteiger charge is 2.07. The van der Waals surface area contributed by atoms with Gasteiger partial charge in [-0.05, 0) is 27.7 Å². The first-order chi connectivity index (χ1) is 6.00. The molecule has 13 heavy (non-hydrogen) atoms. The van der Waals surface area contributed by atoms with Crippen LogP contribution >= 0.6 is 0 Å². The van der Waals surface area contributed by atoms with E-state index in [2.05, 4.69) is 28.7 Å². The van der Waals surface area contributed by atoms with Crippen LogP contribution in [-0.4, -0.2) is 23.1 Å². The van der Waals surface area contributed by atoms with E-state index in [0.717, 1.165) is 17.3 Å². The summed E-state index contributed by atoms with van der Waals surface area (Å²) in [6, 6.07) is 2.47. The molecule has 0 bridgehead atoms. The van der Waals surface area contributed by atoms with E-state index in [-0.39, 0.29) is 0 Å². The maximum absolute atomic E-state index is 4.37. The molecular formula is C10H17N3. The minimum absolute atomic E-state index is 0.466. The van der Waals surface area contributed by atoms with Crippen molar-refractivity contribution >= 4 is 5.82 Å². The molecule has 0 unspecified atom stereocenters.